The monoisotopic (exact) mass is 342 g/mol. The predicted octanol–water partition coefficient (Wildman–Crippen LogP) is 2.98. The van der Waals surface area contributed by atoms with Crippen molar-refractivity contribution in [2.75, 3.05) is 23.7 Å². The van der Waals surface area contributed by atoms with Crippen molar-refractivity contribution in [1.29, 1.82) is 0 Å². The molecule has 0 radical (unpaired) electrons. The lowest BCUT2D eigenvalue weighted by atomic mass is 9.99. The van der Waals surface area contributed by atoms with Crippen LogP contribution in [0.15, 0.2) is 11.2 Å². The third-order valence-corrected chi connectivity index (χ3v) is 4.59. The number of carbonyl (C=O) groups excluding carboxylic acids is 1. The van der Waals surface area contributed by atoms with Gasteiger partial charge in [0.1, 0.15) is 11.0 Å². The van der Waals surface area contributed by atoms with Gasteiger partial charge in [-0.15, -0.1) is 0 Å². The highest BCUT2D eigenvalue weighted by atomic mass is 35.5. The molecule has 1 saturated heterocycles. The average molecular weight is 343 g/mol. The van der Waals surface area contributed by atoms with Gasteiger partial charge in [0.2, 0.25) is 5.91 Å². The highest BCUT2D eigenvalue weighted by molar-refractivity contribution is 7.99. The summed E-state index contributed by atoms with van der Waals surface area (Å²) in [5, 5.41) is 3.83. The van der Waals surface area contributed by atoms with Gasteiger partial charge in [0.05, 0.1) is 5.75 Å². The Morgan fingerprint density at radius 3 is 2.77 bits per heavy atom. The van der Waals surface area contributed by atoms with Crippen LogP contribution in [0.25, 0.3) is 0 Å². The van der Waals surface area contributed by atoms with Crippen LogP contribution < -0.4 is 10.2 Å². The van der Waals surface area contributed by atoms with Crippen molar-refractivity contribution in [2.24, 2.45) is 5.92 Å². The largest absolute Gasteiger partial charge is 0.356 e. The molecule has 2 heterocycles. The van der Waals surface area contributed by atoms with E-state index in [0.717, 1.165) is 24.8 Å². The molecule has 5 nitrogen and oxygen atoms in total. The summed E-state index contributed by atoms with van der Waals surface area (Å²) in [7, 11) is 0. The first kappa shape index (κ1) is 17.3. The van der Waals surface area contributed by atoms with E-state index in [0.29, 0.717) is 16.1 Å². The summed E-state index contributed by atoms with van der Waals surface area (Å²) in [6.07, 6.45) is 2.34. The number of nitrogens with one attached hydrogen (secondary N) is 1. The van der Waals surface area contributed by atoms with Crippen LogP contribution in [0.3, 0.4) is 0 Å². The second kappa shape index (κ2) is 8.02. The molecular weight excluding hydrogens is 320 g/mol. The molecule has 0 saturated carbocycles. The van der Waals surface area contributed by atoms with Crippen LogP contribution in [-0.2, 0) is 4.79 Å². The number of aromatic nitrogens is 2. The first-order valence-electron chi connectivity index (χ1n) is 7.65. The van der Waals surface area contributed by atoms with Crippen molar-refractivity contribution >= 4 is 35.1 Å². The lowest BCUT2D eigenvalue weighted by molar-refractivity contribution is -0.119. The van der Waals surface area contributed by atoms with Gasteiger partial charge in [0.25, 0.3) is 0 Å². The fourth-order valence-corrected chi connectivity index (χ4v) is 3.24. The second-order valence-electron chi connectivity index (χ2n) is 6.01. The molecule has 1 aromatic heterocycles. The van der Waals surface area contributed by atoms with Crippen molar-refractivity contribution in [2.45, 2.75) is 44.8 Å². The van der Waals surface area contributed by atoms with Gasteiger partial charge in [-0.25, -0.2) is 9.97 Å². The van der Waals surface area contributed by atoms with Crippen LogP contribution in [-0.4, -0.2) is 40.8 Å². The Morgan fingerprint density at radius 2 is 2.14 bits per heavy atom. The molecule has 1 aliphatic rings. The maximum absolute atomic E-state index is 11.7. The van der Waals surface area contributed by atoms with E-state index in [1.165, 1.54) is 24.6 Å². The molecule has 0 atom stereocenters. The van der Waals surface area contributed by atoms with E-state index in [1.54, 1.807) is 6.07 Å². The van der Waals surface area contributed by atoms with Gasteiger partial charge < -0.3 is 10.2 Å². The molecule has 1 amide bonds. The lowest BCUT2D eigenvalue weighted by Crippen LogP contribution is -2.33. The minimum Gasteiger partial charge on any atom is -0.356 e. The molecule has 0 spiro atoms. The van der Waals surface area contributed by atoms with E-state index < -0.39 is 0 Å². The van der Waals surface area contributed by atoms with Gasteiger partial charge in [-0.3, -0.25) is 4.79 Å². The number of hydrogen-bond donors (Lipinski definition) is 1. The van der Waals surface area contributed by atoms with E-state index in [2.05, 4.69) is 27.1 Å². The quantitative estimate of drug-likeness (QED) is 0.506. The molecule has 22 heavy (non-hydrogen) atoms. The van der Waals surface area contributed by atoms with Gasteiger partial charge in [-0.2, -0.15) is 0 Å². The van der Waals surface area contributed by atoms with Crippen LogP contribution in [0.5, 0.6) is 0 Å². The van der Waals surface area contributed by atoms with E-state index in [1.807, 2.05) is 13.8 Å². The maximum atomic E-state index is 11.7. The number of rotatable bonds is 5. The average Bonchev–Trinajstić information content (AvgIpc) is 2.44. The van der Waals surface area contributed by atoms with Gasteiger partial charge in [-0.05, 0) is 32.6 Å². The molecule has 0 aliphatic carbocycles. The SMILES string of the molecule is CC1CCN(c2cc(Cl)nc(SCC(=O)NC(C)C)n2)CC1. The highest BCUT2D eigenvalue weighted by Gasteiger charge is 2.18. The number of piperidine rings is 1. The fraction of sp³-hybridized carbons (Fsp3) is 0.667. The van der Waals surface area contributed by atoms with Crippen molar-refractivity contribution in [3.8, 4) is 0 Å². The van der Waals surface area contributed by atoms with E-state index in [4.69, 9.17) is 11.6 Å². The Hall–Kier alpha value is -1.01. The molecule has 7 heteroatoms. The minimum atomic E-state index is -0.0167. The lowest BCUT2D eigenvalue weighted by Gasteiger charge is -2.31. The zero-order valence-corrected chi connectivity index (χ0v) is 14.9. The molecule has 1 aromatic rings. The van der Waals surface area contributed by atoms with Gasteiger partial charge >= 0.3 is 0 Å². The van der Waals surface area contributed by atoms with Crippen LogP contribution in [0, 0.1) is 5.92 Å². The minimum absolute atomic E-state index is 0.0167. The topological polar surface area (TPSA) is 58.1 Å². The van der Waals surface area contributed by atoms with Crippen LogP contribution >= 0.6 is 23.4 Å². The second-order valence-corrected chi connectivity index (χ2v) is 7.34. The van der Waals surface area contributed by atoms with Gasteiger partial charge in [-0.1, -0.05) is 30.3 Å². The Balaban J connectivity index is 1.99. The Bertz CT molecular complexity index is 518. The number of halogens is 1. The number of thioether (sulfide) groups is 1. The summed E-state index contributed by atoms with van der Waals surface area (Å²) < 4.78 is 0. The number of amides is 1. The summed E-state index contributed by atoms with van der Waals surface area (Å²) in [5.74, 6) is 1.91. The smallest absolute Gasteiger partial charge is 0.230 e. The van der Waals surface area contributed by atoms with E-state index in [-0.39, 0.29) is 11.9 Å². The zero-order chi connectivity index (χ0) is 16.1. The maximum Gasteiger partial charge on any atom is 0.230 e. The molecule has 1 aliphatic heterocycles. The van der Waals surface area contributed by atoms with Crippen molar-refractivity contribution in [3.63, 3.8) is 0 Å². The summed E-state index contributed by atoms with van der Waals surface area (Å²) in [6, 6.07) is 1.94. The van der Waals surface area contributed by atoms with Crippen LogP contribution in [0.4, 0.5) is 5.82 Å². The van der Waals surface area contributed by atoms with Crippen LogP contribution in [0.1, 0.15) is 33.6 Å². The molecule has 2 rings (SSSR count). The molecule has 0 bridgehead atoms. The molecule has 0 aromatic carbocycles. The van der Waals surface area contributed by atoms with Crippen molar-refractivity contribution in [3.05, 3.63) is 11.2 Å². The molecule has 1 fully saturated rings. The van der Waals surface area contributed by atoms with Gasteiger partial charge in [0.15, 0.2) is 5.16 Å². The Kier molecular flexibility index (Phi) is 6.32. The van der Waals surface area contributed by atoms with Crippen molar-refractivity contribution in [1.82, 2.24) is 15.3 Å². The van der Waals surface area contributed by atoms with E-state index in [9.17, 15) is 4.79 Å². The third-order valence-electron chi connectivity index (χ3n) is 3.55. The molecular formula is C15H23ClN4OS. The Labute approximate surface area is 141 Å². The normalized spacial score (nSPS) is 16.1. The van der Waals surface area contributed by atoms with Gasteiger partial charge in [0, 0.05) is 25.2 Å². The number of carbonyl (C=O) groups is 1. The summed E-state index contributed by atoms with van der Waals surface area (Å²) in [4.78, 5) is 22.7. The van der Waals surface area contributed by atoms with Crippen molar-refractivity contribution < 1.29 is 4.79 Å². The number of nitrogens with zero attached hydrogens (tertiary/aromatic N) is 3. The number of anilines is 1. The molecule has 1 N–H and O–H groups in total. The Morgan fingerprint density at radius 1 is 1.45 bits per heavy atom. The number of hydrogen-bond acceptors (Lipinski definition) is 5. The fourth-order valence-electron chi connectivity index (χ4n) is 2.34. The third kappa shape index (κ3) is 5.32. The summed E-state index contributed by atoms with van der Waals surface area (Å²) in [6.45, 7) is 8.14. The first-order chi connectivity index (χ1) is 10.4. The summed E-state index contributed by atoms with van der Waals surface area (Å²) in [5.41, 5.74) is 0. The molecule has 122 valence electrons. The predicted molar refractivity (Wildman–Crippen MR) is 91.7 cm³/mol. The summed E-state index contributed by atoms with van der Waals surface area (Å²) >= 11 is 7.42. The van der Waals surface area contributed by atoms with E-state index >= 15 is 0 Å². The zero-order valence-electron chi connectivity index (χ0n) is 13.3. The standard InChI is InChI=1S/C15H23ClN4OS/c1-10(2)17-14(21)9-22-15-18-12(16)8-13(19-15)20-6-4-11(3)5-7-20/h8,10-11H,4-7,9H2,1-3H3,(H,17,21). The van der Waals surface area contributed by atoms with Crippen LogP contribution in [0.2, 0.25) is 5.15 Å². The first-order valence-corrected chi connectivity index (χ1v) is 9.02. The highest BCUT2D eigenvalue weighted by Crippen LogP contribution is 2.25. The molecule has 0 unspecified atom stereocenters.